The molecule has 3 unspecified atom stereocenters. The number of allylic oxidation sites excluding steroid dienone is 1. The summed E-state index contributed by atoms with van der Waals surface area (Å²) in [6.45, 7) is 17.0. The zero-order valence-corrected chi connectivity index (χ0v) is 22.0. The van der Waals surface area contributed by atoms with Crippen LogP contribution in [0.15, 0.2) is 12.2 Å². The Morgan fingerprint density at radius 2 is 1.67 bits per heavy atom. The maximum atomic E-state index is 13.6. The van der Waals surface area contributed by atoms with Crippen molar-refractivity contribution in [3.8, 4) is 0 Å². The first-order valence-corrected chi connectivity index (χ1v) is 13.9. The topological polar surface area (TPSA) is 46.5 Å². The van der Waals surface area contributed by atoms with Gasteiger partial charge in [0, 0.05) is 11.3 Å². The highest BCUT2D eigenvalue weighted by molar-refractivity contribution is 5.82. The first-order chi connectivity index (χ1) is 15.3. The smallest absolute Gasteiger partial charge is 0.313 e. The van der Waals surface area contributed by atoms with Gasteiger partial charge in [0.25, 0.3) is 0 Å². The van der Waals surface area contributed by atoms with Crippen molar-refractivity contribution in [1.82, 2.24) is 0 Å². The molecule has 0 radical (unpaired) electrons. The lowest BCUT2D eigenvalue weighted by molar-refractivity contribution is -0.245. The van der Waals surface area contributed by atoms with Crippen molar-refractivity contribution in [1.29, 1.82) is 0 Å². The minimum atomic E-state index is -0.450. The molecular formula is C30H46O3. The van der Waals surface area contributed by atoms with Crippen LogP contribution in [0.5, 0.6) is 0 Å². The molecule has 6 aliphatic rings. The number of carbonyl (C=O) groups excluding carboxylic acids is 1. The molecule has 1 N–H and O–H groups in total. The molecule has 0 aromatic rings. The lowest BCUT2D eigenvalue weighted by atomic mass is 9.32. The molecule has 1 aliphatic heterocycles. The molecule has 11 atom stereocenters. The summed E-state index contributed by atoms with van der Waals surface area (Å²) >= 11 is 0. The van der Waals surface area contributed by atoms with E-state index in [2.05, 4.69) is 60.6 Å². The Balaban J connectivity index is 1.52. The highest BCUT2D eigenvalue weighted by Crippen LogP contribution is 2.79. The molecule has 4 saturated carbocycles. The van der Waals surface area contributed by atoms with E-state index >= 15 is 0 Å². The van der Waals surface area contributed by atoms with Gasteiger partial charge in [-0.15, -0.1) is 0 Å². The first kappa shape index (κ1) is 22.6. The van der Waals surface area contributed by atoms with E-state index in [9.17, 15) is 9.90 Å². The number of esters is 1. The largest absolute Gasteiger partial charge is 0.453 e. The quantitative estimate of drug-likeness (QED) is 0.334. The summed E-state index contributed by atoms with van der Waals surface area (Å²) in [5.74, 6) is 2.56. The fourth-order valence-electron chi connectivity index (χ4n) is 11.4. The van der Waals surface area contributed by atoms with E-state index in [1.165, 1.54) is 6.42 Å². The number of aliphatic hydroxyl groups excluding tert-OH is 1. The van der Waals surface area contributed by atoms with Crippen LogP contribution >= 0.6 is 0 Å². The van der Waals surface area contributed by atoms with Crippen molar-refractivity contribution in [3.63, 3.8) is 0 Å². The SMILES string of the molecule is C[C@@H]1CC[C@@]23CC[C@]4(C)C(C=C[C@@H]5[C@@]6(C)CC[C@H](O)C(C)(C)C6CC[C@]54C)(OC2=O)C3[C@H]1C. The summed E-state index contributed by atoms with van der Waals surface area (Å²) in [5.41, 5.74) is -0.514. The van der Waals surface area contributed by atoms with E-state index in [0.717, 1.165) is 44.9 Å². The number of fused-ring (bicyclic) bond motifs is 4. The molecule has 3 heteroatoms. The van der Waals surface area contributed by atoms with E-state index in [-0.39, 0.29) is 39.1 Å². The summed E-state index contributed by atoms with van der Waals surface area (Å²) in [6.07, 6.45) is 13.4. The van der Waals surface area contributed by atoms with Gasteiger partial charge in [0.15, 0.2) is 0 Å². The monoisotopic (exact) mass is 454 g/mol. The van der Waals surface area contributed by atoms with Crippen molar-refractivity contribution >= 4 is 5.97 Å². The highest BCUT2D eigenvalue weighted by atomic mass is 16.6. The average molecular weight is 455 g/mol. The third-order valence-electron chi connectivity index (χ3n) is 13.8. The molecule has 1 heterocycles. The van der Waals surface area contributed by atoms with Crippen LogP contribution in [0.4, 0.5) is 0 Å². The number of ether oxygens (including phenoxy) is 1. The van der Waals surface area contributed by atoms with Crippen LogP contribution in [0, 0.1) is 56.7 Å². The van der Waals surface area contributed by atoms with Gasteiger partial charge in [-0.3, -0.25) is 4.79 Å². The fourth-order valence-corrected chi connectivity index (χ4v) is 11.4. The summed E-state index contributed by atoms with van der Waals surface area (Å²) in [4.78, 5) is 13.6. The third-order valence-corrected chi connectivity index (χ3v) is 13.8. The van der Waals surface area contributed by atoms with Crippen LogP contribution in [0.2, 0.25) is 0 Å². The van der Waals surface area contributed by atoms with Gasteiger partial charge in [-0.1, -0.05) is 54.5 Å². The van der Waals surface area contributed by atoms with E-state index in [0.29, 0.717) is 29.6 Å². The molecule has 2 bridgehead atoms. The summed E-state index contributed by atoms with van der Waals surface area (Å²) in [7, 11) is 0. The molecule has 1 saturated heterocycles. The fraction of sp³-hybridized carbons (Fsp3) is 0.900. The van der Waals surface area contributed by atoms with Gasteiger partial charge < -0.3 is 9.84 Å². The Morgan fingerprint density at radius 3 is 2.39 bits per heavy atom. The second-order valence-electron chi connectivity index (χ2n) is 14.8. The van der Waals surface area contributed by atoms with Crippen molar-refractivity contribution < 1.29 is 14.6 Å². The molecule has 5 fully saturated rings. The Kier molecular flexibility index (Phi) is 4.31. The van der Waals surface area contributed by atoms with Gasteiger partial charge >= 0.3 is 5.97 Å². The van der Waals surface area contributed by atoms with Gasteiger partial charge in [0.1, 0.15) is 5.60 Å². The normalized spacial score (nSPS) is 60.8. The number of hydrogen-bond acceptors (Lipinski definition) is 3. The zero-order valence-electron chi connectivity index (χ0n) is 22.0. The maximum Gasteiger partial charge on any atom is 0.313 e. The number of carbonyl (C=O) groups is 1. The average Bonchev–Trinajstić information content (AvgIpc) is 2.95. The van der Waals surface area contributed by atoms with Crippen LogP contribution in [0.1, 0.15) is 99.8 Å². The number of hydrogen-bond donors (Lipinski definition) is 1. The maximum absolute atomic E-state index is 13.6. The molecule has 33 heavy (non-hydrogen) atoms. The molecule has 5 aliphatic carbocycles. The van der Waals surface area contributed by atoms with E-state index in [1.807, 2.05) is 0 Å². The van der Waals surface area contributed by atoms with Gasteiger partial charge in [0.2, 0.25) is 0 Å². The Labute approximate surface area is 201 Å². The zero-order chi connectivity index (χ0) is 23.8. The molecule has 3 nitrogen and oxygen atoms in total. The lowest BCUT2D eigenvalue weighted by Crippen LogP contribution is -2.71. The van der Waals surface area contributed by atoms with E-state index < -0.39 is 5.60 Å². The minimum absolute atomic E-state index is 0.0424. The summed E-state index contributed by atoms with van der Waals surface area (Å²) in [5, 5.41) is 10.9. The molecular weight excluding hydrogens is 408 g/mol. The summed E-state index contributed by atoms with van der Waals surface area (Å²) in [6, 6.07) is 0. The third kappa shape index (κ3) is 2.23. The predicted octanol–water partition coefficient (Wildman–Crippen LogP) is 6.54. The van der Waals surface area contributed by atoms with Crippen molar-refractivity contribution in [2.24, 2.45) is 56.7 Å². The predicted molar refractivity (Wildman–Crippen MR) is 130 cm³/mol. The second kappa shape index (κ2) is 6.29. The van der Waals surface area contributed by atoms with Crippen molar-refractivity contribution in [2.45, 2.75) is 112 Å². The van der Waals surface area contributed by atoms with Crippen LogP contribution < -0.4 is 0 Å². The Hall–Kier alpha value is -0.830. The molecule has 0 aromatic carbocycles. The summed E-state index contributed by atoms with van der Waals surface area (Å²) < 4.78 is 6.71. The minimum Gasteiger partial charge on any atom is -0.453 e. The molecule has 0 aromatic heterocycles. The van der Waals surface area contributed by atoms with Crippen LogP contribution in [-0.2, 0) is 9.53 Å². The van der Waals surface area contributed by atoms with E-state index in [1.54, 1.807) is 0 Å². The van der Waals surface area contributed by atoms with Crippen LogP contribution in [0.3, 0.4) is 0 Å². The molecule has 0 amide bonds. The number of rotatable bonds is 0. The van der Waals surface area contributed by atoms with Gasteiger partial charge in [-0.05, 0) is 97.4 Å². The molecule has 6 rings (SSSR count). The van der Waals surface area contributed by atoms with Crippen LogP contribution in [-0.4, -0.2) is 22.8 Å². The highest BCUT2D eigenvalue weighted by Gasteiger charge is 2.80. The van der Waals surface area contributed by atoms with Crippen molar-refractivity contribution in [2.75, 3.05) is 0 Å². The molecule has 184 valence electrons. The standard InChI is InChI=1S/C30H46O3/c1-18-8-14-29-17-16-28(7)27(6)13-9-20-25(3,4)22(31)11-12-26(20,5)21(27)10-15-30(28,33-24(29)32)23(29)19(18)2/h10,15,18-23,31H,8-9,11-14,16-17H2,1-7H3/t18-,19+,20?,21-,22+,23?,26+,27-,28+,29+,30?/m1/s1. The lowest BCUT2D eigenvalue weighted by Gasteiger charge is -2.72. The molecule has 1 spiro atoms. The van der Waals surface area contributed by atoms with Gasteiger partial charge in [0.05, 0.1) is 11.5 Å². The van der Waals surface area contributed by atoms with Crippen molar-refractivity contribution in [3.05, 3.63) is 12.2 Å². The Morgan fingerprint density at radius 1 is 0.939 bits per heavy atom. The van der Waals surface area contributed by atoms with Crippen LogP contribution in [0.25, 0.3) is 0 Å². The second-order valence-corrected chi connectivity index (χ2v) is 14.8. The Bertz CT molecular complexity index is 922. The van der Waals surface area contributed by atoms with Gasteiger partial charge in [-0.2, -0.15) is 0 Å². The van der Waals surface area contributed by atoms with E-state index in [4.69, 9.17) is 4.74 Å². The number of aliphatic hydroxyl groups is 1. The van der Waals surface area contributed by atoms with Gasteiger partial charge in [-0.25, -0.2) is 0 Å². The first-order valence-electron chi connectivity index (χ1n) is 13.9.